The summed E-state index contributed by atoms with van der Waals surface area (Å²) in [6, 6.07) is 1.59. The van der Waals surface area contributed by atoms with Crippen LogP contribution < -0.4 is 4.90 Å². The van der Waals surface area contributed by atoms with Crippen LogP contribution in [0, 0.1) is 0 Å². The second-order valence-corrected chi connectivity index (χ2v) is 3.62. The maximum atomic E-state index is 12.2. The van der Waals surface area contributed by atoms with Crippen LogP contribution in [0.2, 0.25) is 0 Å². The first-order valence-corrected chi connectivity index (χ1v) is 5.31. The molecule has 2 N–H and O–H groups in total. The summed E-state index contributed by atoms with van der Waals surface area (Å²) in [4.78, 5) is 13.7. The van der Waals surface area contributed by atoms with Gasteiger partial charge in [0.2, 0.25) is 5.95 Å². The molecular weight excluding hydrogens is 222 g/mol. The average molecular weight is 235 g/mol. The molecule has 90 valence electrons. The number of hydrogen-bond donors (Lipinski definition) is 2. The molecule has 0 aliphatic rings. The predicted molar refractivity (Wildman–Crippen MR) is 59.3 cm³/mol. The summed E-state index contributed by atoms with van der Waals surface area (Å²) in [5.41, 5.74) is 0.335. The van der Waals surface area contributed by atoms with Crippen molar-refractivity contribution in [2.45, 2.75) is 26.3 Å². The fourth-order valence-electron chi connectivity index (χ4n) is 1.45. The van der Waals surface area contributed by atoms with Gasteiger partial charge in [-0.1, -0.05) is 12.0 Å². The van der Waals surface area contributed by atoms with Gasteiger partial charge in [-0.3, -0.25) is 14.8 Å². The Labute approximate surface area is 97.4 Å². The molecule has 1 atom stereocenters. The Balaban J connectivity index is 2.31. The Kier molecular flexibility index (Phi) is 3.12. The Hall–Kier alpha value is -2.25. The molecule has 0 aliphatic carbocycles. The number of aromatic nitrogens is 6. The number of H-pyrrole nitrogens is 2. The summed E-state index contributed by atoms with van der Waals surface area (Å²) < 4.78 is 0. The maximum absolute atomic E-state index is 12.2. The van der Waals surface area contributed by atoms with Gasteiger partial charge < -0.3 is 0 Å². The summed E-state index contributed by atoms with van der Waals surface area (Å²) in [7, 11) is 0. The SMILES string of the molecule is CCC(C)N(C(=O)c1cc[nH]n1)c1nnn[nH]1. The maximum Gasteiger partial charge on any atom is 0.281 e. The highest BCUT2D eigenvalue weighted by Crippen LogP contribution is 2.14. The zero-order valence-corrected chi connectivity index (χ0v) is 9.58. The van der Waals surface area contributed by atoms with Crippen LogP contribution in [0.15, 0.2) is 12.3 Å². The minimum atomic E-state index is -0.237. The Morgan fingerprint density at radius 2 is 2.41 bits per heavy atom. The molecule has 8 heteroatoms. The predicted octanol–water partition coefficient (Wildman–Crippen LogP) is 0.368. The quantitative estimate of drug-likeness (QED) is 0.796. The van der Waals surface area contributed by atoms with Gasteiger partial charge in [0.15, 0.2) is 5.69 Å². The van der Waals surface area contributed by atoms with E-state index in [2.05, 4.69) is 30.8 Å². The minimum Gasteiger partial charge on any atom is -0.285 e. The molecule has 0 aliphatic heterocycles. The van der Waals surface area contributed by atoms with Crippen LogP contribution in [0.4, 0.5) is 5.95 Å². The first-order chi connectivity index (χ1) is 8.24. The van der Waals surface area contributed by atoms with E-state index < -0.39 is 0 Å². The fourth-order valence-corrected chi connectivity index (χ4v) is 1.45. The van der Waals surface area contributed by atoms with Gasteiger partial charge in [-0.15, -0.1) is 0 Å². The Bertz CT molecular complexity index is 464. The van der Waals surface area contributed by atoms with E-state index in [1.807, 2.05) is 13.8 Å². The smallest absolute Gasteiger partial charge is 0.281 e. The molecule has 2 aromatic heterocycles. The molecule has 17 heavy (non-hydrogen) atoms. The van der Waals surface area contributed by atoms with Crippen LogP contribution in [0.5, 0.6) is 0 Å². The molecule has 1 amide bonds. The van der Waals surface area contributed by atoms with Crippen molar-refractivity contribution in [2.75, 3.05) is 4.90 Å². The van der Waals surface area contributed by atoms with Gasteiger partial charge in [0.1, 0.15) is 0 Å². The summed E-state index contributed by atoms with van der Waals surface area (Å²) in [5, 5.41) is 19.8. The van der Waals surface area contributed by atoms with Crippen molar-refractivity contribution in [3.8, 4) is 0 Å². The lowest BCUT2D eigenvalue weighted by molar-refractivity contribution is 0.0971. The van der Waals surface area contributed by atoms with Gasteiger partial charge in [-0.25, -0.2) is 5.10 Å². The van der Waals surface area contributed by atoms with Crippen LogP contribution >= 0.6 is 0 Å². The van der Waals surface area contributed by atoms with Crippen LogP contribution in [0.3, 0.4) is 0 Å². The molecule has 0 radical (unpaired) electrons. The van der Waals surface area contributed by atoms with E-state index in [-0.39, 0.29) is 11.9 Å². The lowest BCUT2D eigenvalue weighted by Gasteiger charge is -2.24. The molecule has 1 unspecified atom stereocenters. The first kappa shape index (κ1) is 11.2. The van der Waals surface area contributed by atoms with E-state index in [1.54, 1.807) is 12.3 Å². The number of amides is 1. The normalized spacial score (nSPS) is 12.4. The largest absolute Gasteiger partial charge is 0.285 e. The lowest BCUT2D eigenvalue weighted by Crippen LogP contribution is -2.39. The summed E-state index contributed by atoms with van der Waals surface area (Å²) in [6.07, 6.45) is 2.39. The molecule has 2 rings (SSSR count). The number of tetrazole rings is 1. The van der Waals surface area contributed by atoms with Crippen LogP contribution in [-0.2, 0) is 0 Å². The number of rotatable bonds is 4. The number of hydrogen-bond acceptors (Lipinski definition) is 5. The third-order valence-corrected chi connectivity index (χ3v) is 2.53. The van der Waals surface area contributed by atoms with Crippen molar-refractivity contribution in [3.63, 3.8) is 0 Å². The van der Waals surface area contributed by atoms with E-state index in [0.29, 0.717) is 11.6 Å². The minimum absolute atomic E-state index is 0.0195. The van der Waals surface area contributed by atoms with Crippen molar-refractivity contribution in [1.82, 2.24) is 30.8 Å². The van der Waals surface area contributed by atoms with Gasteiger partial charge in [-0.05, 0) is 29.8 Å². The topological polar surface area (TPSA) is 103 Å². The van der Waals surface area contributed by atoms with Crippen molar-refractivity contribution in [3.05, 3.63) is 18.0 Å². The highest BCUT2D eigenvalue weighted by molar-refractivity contribution is 6.03. The molecule has 0 spiro atoms. The molecule has 2 heterocycles. The first-order valence-electron chi connectivity index (χ1n) is 5.31. The zero-order valence-electron chi connectivity index (χ0n) is 9.58. The van der Waals surface area contributed by atoms with Crippen LogP contribution in [0.1, 0.15) is 30.8 Å². The van der Waals surface area contributed by atoms with E-state index in [4.69, 9.17) is 0 Å². The average Bonchev–Trinajstić information content (AvgIpc) is 3.01. The standard InChI is InChI=1S/C9H13N7O/c1-3-6(2)16(9-12-14-15-13-9)8(17)7-4-5-10-11-7/h4-6H,3H2,1-2H3,(H,10,11)(H,12,13,14,15). The van der Waals surface area contributed by atoms with Gasteiger partial charge in [0, 0.05) is 12.2 Å². The molecule has 0 bridgehead atoms. The van der Waals surface area contributed by atoms with Gasteiger partial charge in [0.05, 0.1) is 0 Å². The second kappa shape index (κ2) is 4.73. The highest BCUT2D eigenvalue weighted by atomic mass is 16.2. The summed E-state index contributed by atoms with van der Waals surface area (Å²) in [5.74, 6) is 0.0894. The Morgan fingerprint density at radius 1 is 1.59 bits per heavy atom. The van der Waals surface area contributed by atoms with Crippen molar-refractivity contribution < 1.29 is 4.79 Å². The number of aromatic amines is 2. The van der Waals surface area contributed by atoms with Crippen LogP contribution in [0.25, 0.3) is 0 Å². The number of anilines is 1. The van der Waals surface area contributed by atoms with Gasteiger partial charge in [0.25, 0.3) is 5.91 Å². The second-order valence-electron chi connectivity index (χ2n) is 3.62. The number of carbonyl (C=O) groups is 1. The van der Waals surface area contributed by atoms with E-state index in [1.165, 1.54) is 4.90 Å². The lowest BCUT2D eigenvalue weighted by atomic mass is 10.2. The monoisotopic (exact) mass is 235 g/mol. The molecule has 0 aromatic carbocycles. The summed E-state index contributed by atoms with van der Waals surface area (Å²) in [6.45, 7) is 3.91. The van der Waals surface area contributed by atoms with Crippen LogP contribution in [-0.4, -0.2) is 42.8 Å². The van der Waals surface area contributed by atoms with E-state index in [9.17, 15) is 4.79 Å². The molecule has 0 saturated carbocycles. The molecular formula is C9H13N7O. The van der Waals surface area contributed by atoms with E-state index in [0.717, 1.165) is 6.42 Å². The number of nitrogens with zero attached hydrogens (tertiary/aromatic N) is 5. The Morgan fingerprint density at radius 3 is 2.94 bits per heavy atom. The molecule has 0 saturated heterocycles. The van der Waals surface area contributed by atoms with Crippen molar-refractivity contribution >= 4 is 11.9 Å². The van der Waals surface area contributed by atoms with Crippen molar-refractivity contribution in [2.24, 2.45) is 0 Å². The molecule has 0 fully saturated rings. The van der Waals surface area contributed by atoms with E-state index >= 15 is 0 Å². The number of nitrogens with one attached hydrogen (secondary N) is 2. The molecule has 2 aromatic rings. The third kappa shape index (κ3) is 2.14. The zero-order chi connectivity index (χ0) is 12.3. The highest BCUT2D eigenvalue weighted by Gasteiger charge is 2.26. The van der Waals surface area contributed by atoms with Gasteiger partial charge in [-0.2, -0.15) is 5.10 Å². The number of carbonyl (C=O) groups excluding carboxylic acids is 1. The van der Waals surface area contributed by atoms with Gasteiger partial charge >= 0.3 is 0 Å². The fraction of sp³-hybridized carbons (Fsp3) is 0.444. The summed E-state index contributed by atoms with van der Waals surface area (Å²) >= 11 is 0. The third-order valence-electron chi connectivity index (χ3n) is 2.53. The molecule has 8 nitrogen and oxygen atoms in total. The van der Waals surface area contributed by atoms with Crippen molar-refractivity contribution in [1.29, 1.82) is 0 Å².